The van der Waals surface area contributed by atoms with Gasteiger partial charge in [-0.15, -0.1) is 11.8 Å². The molecule has 2 rings (SSSR count). The third-order valence-electron chi connectivity index (χ3n) is 3.10. The van der Waals surface area contributed by atoms with Crippen LogP contribution in [0.15, 0.2) is 47.4 Å². The fourth-order valence-corrected chi connectivity index (χ4v) is 3.37. The zero-order chi connectivity index (χ0) is 16.7. The van der Waals surface area contributed by atoms with E-state index in [0.29, 0.717) is 34.3 Å². The number of hydrogen-bond donors (Lipinski definition) is 2. The van der Waals surface area contributed by atoms with E-state index in [9.17, 15) is 4.79 Å². The van der Waals surface area contributed by atoms with Crippen LogP contribution in [-0.4, -0.2) is 24.2 Å². The minimum Gasteiger partial charge on any atom is -0.396 e. The molecule has 2 aromatic carbocycles. The number of carbonyl (C=O) groups is 1. The molecule has 3 nitrogen and oxygen atoms in total. The Labute approximate surface area is 150 Å². The predicted molar refractivity (Wildman–Crippen MR) is 96.5 cm³/mol. The van der Waals surface area contributed by atoms with Crippen LogP contribution in [0.4, 0.5) is 0 Å². The Morgan fingerprint density at radius 2 is 2.00 bits per heavy atom. The highest BCUT2D eigenvalue weighted by molar-refractivity contribution is 7.98. The molecule has 0 saturated heterocycles. The van der Waals surface area contributed by atoms with E-state index in [-0.39, 0.29) is 12.5 Å². The van der Waals surface area contributed by atoms with Crippen LogP contribution in [0.3, 0.4) is 0 Å². The van der Waals surface area contributed by atoms with Crippen molar-refractivity contribution in [2.45, 2.75) is 17.1 Å². The first kappa shape index (κ1) is 18.1. The summed E-state index contributed by atoms with van der Waals surface area (Å²) in [4.78, 5) is 12.9. The molecule has 2 N–H and O–H groups in total. The summed E-state index contributed by atoms with van der Waals surface area (Å²) in [5.41, 5.74) is 1.64. The molecular formula is C17H17Cl2NO2S. The van der Waals surface area contributed by atoms with Crippen molar-refractivity contribution in [3.8, 4) is 0 Å². The summed E-state index contributed by atoms with van der Waals surface area (Å²) in [5.74, 6) is 0.559. The van der Waals surface area contributed by atoms with E-state index >= 15 is 0 Å². The molecule has 0 fully saturated rings. The monoisotopic (exact) mass is 369 g/mol. The number of amides is 1. The van der Waals surface area contributed by atoms with E-state index in [0.717, 1.165) is 10.5 Å². The predicted octanol–water partition coefficient (Wildman–Crippen LogP) is 4.40. The lowest BCUT2D eigenvalue weighted by molar-refractivity contribution is 0.0951. The van der Waals surface area contributed by atoms with Gasteiger partial charge in [-0.3, -0.25) is 4.79 Å². The first-order valence-corrected chi connectivity index (χ1v) is 8.90. The van der Waals surface area contributed by atoms with Gasteiger partial charge in [0.05, 0.1) is 5.02 Å². The summed E-state index contributed by atoms with van der Waals surface area (Å²) >= 11 is 13.7. The van der Waals surface area contributed by atoms with E-state index in [1.54, 1.807) is 30.0 Å². The number of aliphatic hydroxyl groups is 1. The summed E-state index contributed by atoms with van der Waals surface area (Å²) < 4.78 is 0. The lowest BCUT2D eigenvalue weighted by Gasteiger charge is -2.08. The molecule has 2 aromatic rings. The van der Waals surface area contributed by atoms with Gasteiger partial charge in [0.15, 0.2) is 0 Å². The van der Waals surface area contributed by atoms with E-state index in [2.05, 4.69) is 5.32 Å². The van der Waals surface area contributed by atoms with Crippen LogP contribution in [0.5, 0.6) is 0 Å². The van der Waals surface area contributed by atoms with E-state index in [1.165, 1.54) is 0 Å². The topological polar surface area (TPSA) is 49.3 Å². The summed E-state index contributed by atoms with van der Waals surface area (Å²) in [6, 6.07) is 12.8. The third-order valence-corrected chi connectivity index (χ3v) is 4.90. The minimum absolute atomic E-state index is 0.0668. The largest absolute Gasteiger partial charge is 0.396 e. The summed E-state index contributed by atoms with van der Waals surface area (Å²) in [6.45, 7) is 0.532. The molecule has 0 bridgehead atoms. The van der Waals surface area contributed by atoms with Crippen molar-refractivity contribution < 1.29 is 9.90 Å². The standard InChI is InChI=1S/C17H17Cl2NO2S/c18-14-5-6-15(19)16(10-14)23-11-12-3-1-4-13(9-12)17(22)20-7-2-8-21/h1,3-6,9-10,21H,2,7-8,11H2,(H,20,22). The highest BCUT2D eigenvalue weighted by Gasteiger charge is 2.07. The van der Waals surface area contributed by atoms with Crippen LogP contribution in [0.25, 0.3) is 0 Å². The second kappa shape index (κ2) is 9.18. The van der Waals surface area contributed by atoms with Gasteiger partial charge in [-0.2, -0.15) is 0 Å². The average molecular weight is 370 g/mol. The van der Waals surface area contributed by atoms with Crippen molar-refractivity contribution >= 4 is 40.9 Å². The zero-order valence-electron chi connectivity index (χ0n) is 12.4. The number of thioether (sulfide) groups is 1. The Morgan fingerprint density at radius 1 is 1.17 bits per heavy atom. The highest BCUT2D eigenvalue weighted by Crippen LogP contribution is 2.32. The Bertz CT molecular complexity index is 679. The van der Waals surface area contributed by atoms with Crippen LogP contribution in [0.1, 0.15) is 22.3 Å². The second-order valence-corrected chi connectivity index (χ2v) is 6.76. The van der Waals surface area contributed by atoms with Crippen molar-refractivity contribution in [2.24, 2.45) is 0 Å². The summed E-state index contributed by atoms with van der Waals surface area (Å²) in [7, 11) is 0. The zero-order valence-corrected chi connectivity index (χ0v) is 14.7. The van der Waals surface area contributed by atoms with E-state index in [4.69, 9.17) is 28.3 Å². The van der Waals surface area contributed by atoms with Crippen LogP contribution < -0.4 is 5.32 Å². The van der Waals surface area contributed by atoms with Gasteiger partial charge in [-0.25, -0.2) is 0 Å². The third kappa shape index (κ3) is 5.74. The van der Waals surface area contributed by atoms with Crippen LogP contribution in [0.2, 0.25) is 10.0 Å². The van der Waals surface area contributed by atoms with Crippen molar-refractivity contribution in [3.05, 3.63) is 63.6 Å². The average Bonchev–Trinajstić information content (AvgIpc) is 2.56. The molecule has 0 aliphatic carbocycles. The Kier molecular flexibility index (Phi) is 7.24. The fraction of sp³-hybridized carbons (Fsp3) is 0.235. The molecule has 1 amide bonds. The molecule has 6 heteroatoms. The summed E-state index contributed by atoms with van der Waals surface area (Å²) in [5, 5.41) is 12.8. The SMILES string of the molecule is O=C(NCCCO)c1cccc(CSc2cc(Cl)ccc2Cl)c1. The normalized spacial score (nSPS) is 10.6. The number of aliphatic hydroxyl groups excluding tert-OH is 1. The molecule has 0 unspecified atom stereocenters. The maximum Gasteiger partial charge on any atom is 0.251 e. The first-order chi connectivity index (χ1) is 11.1. The van der Waals surface area contributed by atoms with E-state index in [1.807, 2.05) is 24.3 Å². The van der Waals surface area contributed by atoms with Gasteiger partial charge in [0.25, 0.3) is 5.91 Å². The van der Waals surface area contributed by atoms with Crippen LogP contribution >= 0.6 is 35.0 Å². The Balaban J connectivity index is 1.99. The van der Waals surface area contributed by atoms with Crippen molar-refractivity contribution in [3.63, 3.8) is 0 Å². The van der Waals surface area contributed by atoms with Crippen LogP contribution in [-0.2, 0) is 5.75 Å². The Morgan fingerprint density at radius 3 is 2.78 bits per heavy atom. The summed E-state index contributed by atoms with van der Waals surface area (Å²) in [6.07, 6.45) is 0.550. The van der Waals surface area contributed by atoms with Gasteiger partial charge in [0, 0.05) is 34.4 Å². The number of carbonyl (C=O) groups excluding carboxylic acids is 1. The lowest BCUT2D eigenvalue weighted by Crippen LogP contribution is -2.25. The van der Waals surface area contributed by atoms with Gasteiger partial charge in [0.2, 0.25) is 0 Å². The molecule has 0 spiro atoms. The lowest BCUT2D eigenvalue weighted by atomic mass is 10.1. The maximum atomic E-state index is 12.0. The fourth-order valence-electron chi connectivity index (χ4n) is 1.93. The number of rotatable bonds is 7. The molecule has 0 saturated carbocycles. The Hall–Kier alpha value is -1.20. The van der Waals surface area contributed by atoms with E-state index < -0.39 is 0 Å². The molecule has 0 atom stereocenters. The van der Waals surface area contributed by atoms with Gasteiger partial charge < -0.3 is 10.4 Å². The molecule has 122 valence electrons. The molecule has 0 radical (unpaired) electrons. The van der Waals surface area contributed by atoms with Gasteiger partial charge in [0.1, 0.15) is 0 Å². The second-order valence-electron chi connectivity index (χ2n) is 4.90. The molecule has 23 heavy (non-hydrogen) atoms. The molecule has 0 heterocycles. The van der Waals surface area contributed by atoms with Gasteiger partial charge >= 0.3 is 0 Å². The highest BCUT2D eigenvalue weighted by atomic mass is 35.5. The number of hydrogen-bond acceptors (Lipinski definition) is 3. The van der Waals surface area contributed by atoms with Gasteiger partial charge in [-0.1, -0.05) is 35.3 Å². The smallest absolute Gasteiger partial charge is 0.251 e. The first-order valence-electron chi connectivity index (χ1n) is 7.16. The molecule has 0 aliphatic rings. The van der Waals surface area contributed by atoms with Crippen LogP contribution in [0, 0.1) is 0 Å². The number of nitrogens with one attached hydrogen (secondary N) is 1. The molecular weight excluding hydrogens is 353 g/mol. The quantitative estimate of drug-likeness (QED) is 0.561. The van der Waals surface area contributed by atoms with Crippen molar-refractivity contribution in [1.29, 1.82) is 0 Å². The number of benzene rings is 2. The maximum absolute atomic E-state index is 12.0. The van der Waals surface area contributed by atoms with Crippen molar-refractivity contribution in [1.82, 2.24) is 5.32 Å². The molecule has 0 aromatic heterocycles. The van der Waals surface area contributed by atoms with Gasteiger partial charge in [-0.05, 0) is 42.3 Å². The molecule has 0 aliphatic heterocycles. The van der Waals surface area contributed by atoms with Crippen molar-refractivity contribution in [2.75, 3.05) is 13.2 Å². The number of halogens is 2. The minimum atomic E-state index is -0.133.